The Hall–Kier alpha value is -1.11. The Morgan fingerprint density at radius 2 is 1.84 bits per heavy atom. The van der Waals surface area contributed by atoms with Crippen LogP contribution in [0.4, 0.5) is 5.69 Å². The molecule has 5 nitrogen and oxygen atoms in total. The quantitative estimate of drug-likeness (QED) is 0.757. The fraction of sp³-hybridized carbons (Fsp3) is 0.538. The van der Waals surface area contributed by atoms with Gasteiger partial charge in [0.05, 0.1) is 26.1 Å². The van der Waals surface area contributed by atoms with Crippen LogP contribution in [0.1, 0.15) is 5.56 Å². The lowest BCUT2D eigenvalue weighted by Gasteiger charge is -2.28. The Kier molecular flexibility index (Phi) is 4.79. The predicted molar refractivity (Wildman–Crippen MR) is 74.0 cm³/mol. The van der Waals surface area contributed by atoms with E-state index in [0.717, 1.165) is 38.1 Å². The van der Waals surface area contributed by atoms with Crippen molar-refractivity contribution in [1.29, 1.82) is 0 Å². The molecule has 1 aromatic carbocycles. The van der Waals surface area contributed by atoms with Crippen molar-refractivity contribution in [1.82, 2.24) is 0 Å². The number of ether oxygens (including phenoxy) is 1. The molecule has 0 aromatic heterocycles. The Morgan fingerprint density at radius 3 is 2.42 bits per heavy atom. The van der Waals surface area contributed by atoms with Gasteiger partial charge in [0.2, 0.25) is 0 Å². The SMILES string of the molecule is CS(=O)(=O)OCCc1ccc(N2CCOCC2)cc1. The molecular formula is C13H19NO4S. The summed E-state index contributed by atoms with van der Waals surface area (Å²) in [6, 6.07) is 8.13. The Balaban J connectivity index is 1.87. The van der Waals surface area contributed by atoms with Crippen LogP contribution in [0, 0.1) is 0 Å². The summed E-state index contributed by atoms with van der Waals surface area (Å²) in [6.07, 6.45) is 1.66. The van der Waals surface area contributed by atoms with Crippen LogP contribution in [0.25, 0.3) is 0 Å². The van der Waals surface area contributed by atoms with Gasteiger partial charge >= 0.3 is 0 Å². The summed E-state index contributed by atoms with van der Waals surface area (Å²) in [5, 5.41) is 0. The second-order valence-corrected chi connectivity index (χ2v) is 6.19. The average molecular weight is 285 g/mol. The van der Waals surface area contributed by atoms with Gasteiger partial charge in [-0.05, 0) is 24.1 Å². The van der Waals surface area contributed by atoms with E-state index in [1.807, 2.05) is 12.1 Å². The monoisotopic (exact) mass is 285 g/mol. The lowest BCUT2D eigenvalue weighted by Crippen LogP contribution is -2.36. The molecule has 0 amide bonds. The Bertz CT molecular complexity index is 492. The van der Waals surface area contributed by atoms with Gasteiger partial charge in [-0.15, -0.1) is 0 Å². The minimum atomic E-state index is -3.34. The van der Waals surface area contributed by atoms with E-state index in [2.05, 4.69) is 17.0 Å². The van der Waals surface area contributed by atoms with Gasteiger partial charge in [-0.1, -0.05) is 12.1 Å². The van der Waals surface area contributed by atoms with Crippen LogP contribution >= 0.6 is 0 Å². The summed E-state index contributed by atoms with van der Waals surface area (Å²) >= 11 is 0. The van der Waals surface area contributed by atoms with Crippen LogP contribution in [-0.2, 0) is 25.5 Å². The summed E-state index contributed by atoms with van der Waals surface area (Å²) in [5.74, 6) is 0. The number of nitrogens with zero attached hydrogens (tertiary/aromatic N) is 1. The van der Waals surface area contributed by atoms with Crippen molar-refractivity contribution >= 4 is 15.8 Å². The van der Waals surface area contributed by atoms with Crippen molar-refractivity contribution in [3.63, 3.8) is 0 Å². The smallest absolute Gasteiger partial charge is 0.264 e. The standard InChI is InChI=1S/C13H19NO4S/c1-19(15,16)18-9-6-12-2-4-13(5-3-12)14-7-10-17-11-8-14/h2-5H,6-11H2,1H3. The molecule has 1 aromatic rings. The van der Waals surface area contributed by atoms with Crippen LogP contribution in [0.15, 0.2) is 24.3 Å². The topological polar surface area (TPSA) is 55.8 Å². The van der Waals surface area contributed by atoms with Gasteiger partial charge in [-0.3, -0.25) is 4.18 Å². The van der Waals surface area contributed by atoms with Crippen LogP contribution < -0.4 is 4.90 Å². The first-order valence-electron chi connectivity index (χ1n) is 6.31. The third-order valence-electron chi connectivity index (χ3n) is 3.00. The van der Waals surface area contributed by atoms with Crippen molar-refractivity contribution in [2.45, 2.75) is 6.42 Å². The molecule has 0 saturated carbocycles. The van der Waals surface area contributed by atoms with Crippen LogP contribution in [0.3, 0.4) is 0 Å². The average Bonchev–Trinajstić information content (AvgIpc) is 2.39. The molecule has 1 saturated heterocycles. The van der Waals surface area contributed by atoms with E-state index in [4.69, 9.17) is 8.92 Å². The summed E-state index contributed by atoms with van der Waals surface area (Å²) in [4.78, 5) is 2.28. The van der Waals surface area contributed by atoms with Crippen molar-refractivity contribution in [2.75, 3.05) is 44.1 Å². The normalized spacial score (nSPS) is 16.6. The number of anilines is 1. The van der Waals surface area contributed by atoms with Crippen LogP contribution in [0.5, 0.6) is 0 Å². The molecule has 0 spiro atoms. The molecule has 6 heteroatoms. The van der Waals surface area contributed by atoms with E-state index in [9.17, 15) is 8.42 Å². The van der Waals surface area contributed by atoms with Gasteiger partial charge in [0.15, 0.2) is 0 Å². The molecule has 19 heavy (non-hydrogen) atoms. The van der Waals surface area contributed by atoms with E-state index in [1.54, 1.807) is 0 Å². The fourth-order valence-corrected chi connectivity index (χ4v) is 2.39. The highest BCUT2D eigenvalue weighted by Crippen LogP contribution is 2.16. The van der Waals surface area contributed by atoms with Gasteiger partial charge in [-0.25, -0.2) is 0 Å². The highest BCUT2D eigenvalue weighted by Gasteiger charge is 2.10. The second-order valence-electron chi connectivity index (χ2n) is 4.54. The molecule has 106 valence electrons. The number of morpholine rings is 1. The maximum absolute atomic E-state index is 10.8. The van der Waals surface area contributed by atoms with E-state index >= 15 is 0 Å². The van der Waals surface area contributed by atoms with Crippen molar-refractivity contribution in [3.05, 3.63) is 29.8 Å². The number of hydrogen-bond donors (Lipinski definition) is 0. The highest BCUT2D eigenvalue weighted by molar-refractivity contribution is 7.85. The molecule has 0 atom stereocenters. The summed E-state index contributed by atoms with van der Waals surface area (Å²) in [5.41, 5.74) is 2.25. The second kappa shape index (κ2) is 6.36. The number of benzene rings is 1. The largest absolute Gasteiger partial charge is 0.378 e. The molecular weight excluding hydrogens is 266 g/mol. The van der Waals surface area contributed by atoms with Crippen molar-refractivity contribution in [3.8, 4) is 0 Å². The van der Waals surface area contributed by atoms with E-state index < -0.39 is 10.1 Å². The van der Waals surface area contributed by atoms with Gasteiger partial charge in [0, 0.05) is 18.8 Å². The Labute approximate surface area is 114 Å². The molecule has 0 radical (unpaired) electrons. The highest BCUT2D eigenvalue weighted by atomic mass is 32.2. The van der Waals surface area contributed by atoms with Gasteiger partial charge in [0.25, 0.3) is 10.1 Å². The maximum Gasteiger partial charge on any atom is 0.264 e. The molecule has 0 unspecified atom stereocenters. The van der Waals surface area contributed by atoms with E-state index in [1.165, 1.54) is 5.69 Å². The maximum atomic E-state index is 10.8. The van der Waals surface area contributed by atoms with Gasteiger partial charge in [0.1, 0.15) is 0 Å². The third-order valence-corrected chi connectivity index (χ3v) is 3.60. The third kappa shape index (κ3) is 4.81. The lowest BCUT2D eigenvalue weighted by molar-refractivity contribution is 0.122. The van der Waals surface area contributed by atoms with E-state index in [0.29, 0.717) is 6.42 Å². The van der Waals surface area contributed by atoms with Crippen molar-refractivity contribution in [2.24, 2.45) is 0 Å². The molecule has 0 aliphatic carbocycles. The predicted octanol–water partition coefficient (Wildman–Crippen LogP) is 1.04. The molecule has 1 aliphatic rings. The minimum Gasteiger partial charge on any atom is -0.378 e. The van der Waals surface area contributed by atoms with Gasteiger partial charge < -0.3 is 9.64 Å². The molecule has 2 rings (SSSR count). The minimum absolute atomic E-state index is 0.190. The van der Waals surface area contributed by atoms with Gasteiger partial charge in [-0.2, -0.15) is 8.42 Å². The first-order chi connectivity index (χ1) is 9.04. The van der Waals surface area contributed by atoms with Crippen LogP contribution in [0.2, 0.25) is 0 Å². The molecule has 1 heterocycles. The number of hydrogen-bond acceptors (Lipinski definition) is 5. The zero-order chi connectivity index (χ0) is 13.7. The molecule has 1 fully saturated rings. The fourth-order valence-electron chi connectivity index (χ4n) is 2.01. The molecule has 0 bridgehead atoms. The Morgan fingerprint density at radius 1 is 1.21 bits per heavy atom. The zero-order valence-corrected chi connectivity index (χ0v) is 11.9. The zero-order valence-electron chi connectivity index (χ0n) is 11.0. The number of rotatable bonds is 5. The first-order valence-corrected chi connectivity index (χ1v) is 8.12. The van der Waals surface area contributed by atoms with E-state index in [-0.39, 0.29) is 6.61 Å². The summed E-state index contributed by atoms with van der Waals surface area (Å²) < 4.78 is 31.7. The molecule has 0 N–H and O–H groups in total. The first kappa shape index (κ1) is 14.3. The van der Waals surface area contributed by atoms with Crippen molar-refractivity contribution < 1.29 is 17.3 Å². The van der Waals surface area contributed by atoms with Crippen LogP contribution in [-0.4, -0.2) is 47.6 Å². The summed E-state index contributed by atoms with van der Waals surface area (Å²) in [7, 11) is -3.34. The lowest BCUT2D eigenvalue weighted by atomic mass is 10.1. The summed E-state index contributed by atoms with van der Waals surface area (Å²) in [6.45, 7) is 3.55. The molecule has 1 aliphatic heterocycles.